The van der Waals surface area contributed by atoms with Gasteiger partial charge < -0.3 is 29.7 Å². The first-order valence-corrected chi connectivity index (χ1v) is 11.8. The van der Waals surface area contributed by atoms with Crippen LogP contribution in [0.3, 0.4) is 0 Å². The molecule has 2 unspecified atom stereocenters. The van der Waals surface area contributed by atoms with Gasteiger partial charge in [0.1, 0.15) is 0 Å². The fourth-order valence-electron chi connectivity index (χ4n) is 4.56. The second kappa shape index (κ2) is 12.9. The van der Waals surface area contributed by atoms with E-state index in [2.05, 4.69) is 44.5 Å². The van der Waals surface area contributed by atoms with Crippen LogP contribution in [0.15, 0.2) is 23.2 Å². The fraction of sp³-hybridized carbons (Fsp3) is 0.708. The lowest BCUT2D eigenvalue weighted by Crippen LogP contribution is -2.47. The highest BCUT2D eigenvalue weighted by Gasteiger charge is 2.24. The smallest absolute Gasteiger partial charge is 0.191 e. The number of aliphatic imine (C=N–C) groups is 1. The molecule has 2 aliphatic heterocycles. The third-order valence-electron chi connectivity index (χ3n) is 6.35. The van der Waals surface area contributed by atoms with Gasteiger partial charge in [0.25, 0.3) is 0 Å². The maximum atomic E-state index is 5.59. The van der Waals surface area contributed by atoms with Crippen molar-refractivity contribution in [3.05, 3.63) is 23.8 Å². The molecule has 2 atom stereocenters. The van der Waals surface area contributed by atoms with Gasteiger partial charge in [-0.25, -0.2) is 0 Å². The summed E-state index contributed by atoms with van der Waals surface area (Å²) in [6.45, 7) is 10.9. The summed E-state index contributed by atoms with van der Waals surface area (Å²) in [7, 11) is 5.18. The van der Waals surface area contributed by atoms with Crippen molar-refractivity contribution in [1.29, 1.82) is 0 Å². The summed E-state index contributed by atoms with van der Waals surface area (Å²) in [5.74, 6) is 2.92. The monoisotopic (exact) mass is 447 g/mol. The number of nitrogens with zero attached hydrogens (tertiary/aromatic N) is 3. The number of benzene rings is 1. The predicted octanol–water partition coefficient (Wildman–Crippen LogP) is 1.97. The third-order valence-corrected chi connectivity index (χ3v) is 6.35. The van der Waals surface area contributed by atoms with Crippen LogP contribution in [0.4, 0.5) is 0 Å². The van der Waals surface area contributed by atoms with Gasteiger partial charge in [-0.2, -0.15) is 0 Å². The number of nitrogens with one attached hydrogen (secondary N) is 2. The number of hydrogen-bond donors (Lipinski definition) is 2. The first-order chi connectivity index (χ1) is 15.6. The van der Waals surface area contributed by atoms with Crippen molar-refractivity contribution in [2.45, 2.75) is 25.8 Å². The Kier molecular flexibility index (Phi) is 9.89. The van der Waals surface area contributed by atoms with E-state index in [1.165, 1.54) is 31.5 Å². The second-order valence-electron chi connectivity index (χ2n) is 8.73. The Morgan fingerprint density at radius 1 is 1.03 bits per heavy atom. The number of guanidine groups is 1. The molecule has 0 aliphatic carbocycles. The zero-order valence-electron chi connectivity index (χ0n) is 20.2. The van der Waals surface area contributed by atoms with E-state index in [4.69, 9.17) is 14.2 Å². The highest BCUT2D eigenvalue weighted by molar-refractivity contribution is 5.79. The number of morpholine rings is 1. The molecule has 0 radical (unpaired) electrons. The Bertz CT molecular complexity index is 718. The van der Waals surface area contributed by atoms with E-state index in [-0.39, 0.29) is 6.04 Å². The van der Waals surface area contributed by atoms with Crippen LogP contribution >= 0.6 is 0 Å². The molecule has 2 N–H and O–H groups in total. The van der Waals surface area contributed by atoms with Gasteiger partial charge in [-0.15, -0.1) is 0 Å². The van der Waals surface area contributed by atoms with Gasteiger partial charge in [0.2, 0.25) is 0 Å². The van der Waals surface area contributed by atoms with Crippen LogP contribution in [0.25, 0.3) is 0 Å². The number of methoxy groups -OCH3 is 2. The average Bonchev–Trinajstić information content (AvgIpc) is 3.34. The Labute approximate surface area is 193 Å². The molecule has 2 aliphatic rings. The van der Waals surface area contributed by atoms with Crippen LogP contribution in [-0.2, 0) is 4.74 Å². The van der Waals surface area contributed by atoms with E-state index in [0.717, 1.165) is 63.4 Å². The lowest BCUT2D eigenvalue weighted by atomic mass is 10.0. The maximum Gasteiger partial charge on any atom is 0.191 e. The van der Waals surface area contributed by atoms with Crippen molar-refractivity contribution in [2.75, 3.05) is 80.3 Å². The molecular formula is C24H41N5O3. The van der Waals surface area contributed by atoms with E-state index < -0.39 is 0 Å². The molecule has 0 bridgehead atoms. The van der Waals surface area contributed by atoms with Crippen molar-refractivity contribution in [3.63, 3.8) is 0 Å². The minimum atomic E-state index is 0.180. The molecule has 8 nitrogen and oxygen atoms in total. The molecule has 0 amide bonds. The second-order valence-corrected chi connectivity index (χ2v) is 8.73. The first-order valence-electron chi connectivity index (χ1n) is 11.8. The normalized spacial score (nSPS) is 20.1. The Morgan fingerprint density at radius 2 is 1.72 bits per heavy atom. The van der Waals surface area contributed by atoms with Crippen molar-refractivity contribution in [2.24, 2.45) is 10.9 Å². The van der Waals surface area contributed by atoms with E-state index in [1.807, 2.05) is 13.1 Å². The Hall–Kier alpha value is -2.03. The largest absolute Gasteiger partial charge is 0.493 e. The topological polar surface area (TPSA) is 70.6 Å². The Balaban J connectivity index is 1.61. The van der Waals surface area contributed by atoms with Crippen LogP contribution in [0, 0.1) is 5.92 Å². The van der Waals surface area contributed by atoms with E-state index in [1.54, 1.807) is 14.2 Å². The van der Waals surface area contributed by atoms with E-state index in [9.17, 15) is 0 Å². The van der Waals surface area contributed by atoms with Crippen LogP contribution in [-0.4, -0.2) is 96.1 Å². The summed E-state index contributed by atoms with van der Waals surface area (Å²) in [5, 5.41) is 7.07. The highest BCUT2D eigenvalue weighted by Crippen LogP contribution is 2.32. The summed E-state index contributed by atoms with van der Waals surface area (Å²) in [6.07, 6.45) is 2.67. The molecule has 3 rings (SSSR count). The van der Waals surface area contributed by atoms with Crippen LogP contribution in [0.5, 0.6) is 11.5 Å². The summed E-state index contributed by atoms with van der Waals surface area (Å²) in [4.78, 5) is 9.48. The molecule has 0 aromatic heterocycles. The standard InChI is InChI=1S/C24H41N5O3/c1-19(18-28-9-5-6-10-28)16-26-24(25-2)27-17-21(29-11-13-32-14-12-29)20-7-8-22(30-3)23(15-20)31-4/h7-8,15,19,21H,5-6,9-14,16-18H2,1-4H3,(H2,25,26,27). The minimum absolute atomic E-state index is 0.180. The van der Waals surface area contributed by atoms with E-state index in [0.29, 0.717) is 5.92 Å². The summed E-state index contributed by atoms with van der Waals surface area (Å²) in [6, 6.07) is 6.36. The molecule has 180 valence electrons. The van der Waals surface area contributed by atoms with E-state index >= 15 is 0 Å². The highest BCUT2D eigenvalue weighted by atomic mass is 16.5. The van der Waals surface area contributed by atoms with Crippen LogP contribution in [0.1, 0.15) is 31.4 Å². The summed E-state index contributed by atoms with van der Waals surface area (Å²) >= 11 is 0. The van der Waals surface area contributed by atoms with Crippen molar-refractivity contribution in [3.8, 4) is 11.5 Å². The molecule has 0 spiro atoms. The molecule has 0 saturated carbocycles. The lowest BCUT2D eigenvalue weighted by molar-refractivity contribution is 0.0169. The molecule has 8 heteroatoms. The van der Waals surface area contributed by atoms with Crippen LogP contribution < -0.4 is 20.1 Å². The SMILES string of the molecule is CN=C(NCC(C)CN1CCCC1)NCC(c1ccc(OC)c(OC)c1)N1CCOCC1. The molecule has 1 aromatic rings. The minimum Gasteiger partial charge on any atom is -0.493 e. The zero-order valence-corrected chi connectivity index (χ0v) is 20.2. The number of hydrogen-bond acceptors (Lipinski definition) is 6. The molecule has 2 saturated heterocycles. The van der Waals surface area contributed by atoms with Gasteiger partial charge in [0.15, 0.2) is 17.5 Å². The van der Waals surface area contributed by atoms with Gasteiger partial charge in [0, 0.05) is 39.8 Å². The fourth-order valence-corrected chi connectivity index (χ4v) is 4.56. The van der Waals surface area contributed by atoms with Crippen molar-refractivity contribution < 1.29 is 14.2 Å². The molecule has 2 heterocycles. The number of rotatable bonds is 10. The van der Waals surface area contributed by atoms with Crippen molar-refractivity contribution >= 4 is 5.96 Å². The third kappa shape index (κ3) is 6.98. The predicted molar refractivity (Wildman–Crippen MR) is 129 cm³/mol. The van der Waals surface area contributed by atoms with Gasteiger partial charge in [-0.05, 0) is 49.5 Å². The average molecular weight is 448 g/mol. The van der Waals surface area contributed by atoms with Gasteiger partial charge >= 0.3 is 0 Å². The molecule has 2 fully saturated rings. The Morgan fingerprint density at radius 3 is 2.38 bits per heavy atom. The van der Waals surface area contributed by atoms with Gasteiger partial charge in [-0.1, -0.05) is 13.0 Å². The summed E-state index contributed by atoms with van der Waals surface area (Å²) in [5.41, 5.74) is 1.19. The first kappa shape index (κ1) is 24.6. The maximum absolute atomic E-state index is 5.59. The van der Waals surface area contributed by atoms with Crippen molar-refractivity contribution in [1.82, 2.24) is 20.4 Å². The van der Waals surface area contributed by atoms with Gasteiger partial charge in [0.05, 0.1) is 33.5 Å². The van der Waals surface area contributed by atoms with Gasteiger partial charge in [-0.3, -0.25) is 9.89 Å². The molecular weight excluding hydrogens is 406 g/mol. The molecule has 32 heavy (non-hydrogen) atoms. The lowest BCUT2D eigenvalue weighted by Gasteiger charge is -2.35. The number of ether oxygens (including phenoxy) is 3. The zero-order chi connectivity index (χ0) is 22.8. The molecule has 1 aromatic carbocycles. The quantitative estimate of drug-likeness (QED) is 0.420. The van der Waals surface area contributed by atoms with Crippen LogP contribution in [0.2, 0.25) is 0 Å². The summed E-state index contributed by atoms with van der Waals surface area (Å²) < 4.78 is 16.6. The number of likely N-dealkylation sites (tertiary alicyclic amines) is 1.